The molecular formula is C20H18N8O6S2. The Hall–Kier alpha value is -4.12. The fourth-order valence-electron chi connectivity index (χ4n) is 3.44. The van der Waals surface area contributed by atoms with Gasteiger partial charge in [0.15, 0.2) is 11.6 Å². The second-order valence-electron chi connectivity index (χ2n) is 7.44. The van der Waals surface area contributed by atoms with Crippen molar-refractivity contribution in [3.8, 4) is 0 Å². The second kappa shape index (κ2) is 9.86. The van der Waals surface area contributed by atoms with Crippen molar-refractivity contribution in [3.05, 3.63) is 83.1 Å². The van der Waals surface area contributed by atoms with Crippen LogP contribution < -0.4 is 10.6 Å². The maximum Gasteiger partial charge on any atom is 0.295 e. The summed E-state index contributed by atoms with van der Waals surface area (Å²) < 4.78 is 67.6. The van der Waals surface area contributed by atoms with Crippen LogP contribution in [0.5, 0.6) is 0 Å². The second-order valence-corrected chi connectivity index (χ2v) is 10.3. The summed E-state index contributed by atoms with van der Waals surface area (Å²) in [6.07, 6.45) is 8.01. The first-order valence-electron chi connectivity index (χ1n) is 10.1. The number of aromatic nitrogens is 6. The molecular weight excluding hydrogens is 512 g/mol. The molecule has 16 heteroatoms. The third kappa shape index (κ3) is 5.92. The van der Waals surface area contributed by atoms with E-state index in [2.05, 4.69) is 41.5 Å². The SMILES string of the molecule is O=S(=O)(O)C1=C(C=Cc2ccccc2S(=O)(=O)O)C=CC(Nc2ccnnn2)(Nc2ccnnn2)C1. The Labute approximate surface area is 205 Å². The van der Waals surface area contributed by atoms with E-state index < -0.39 is 30.8 Å². The van der Waals surface area contributed by atoms with Gasteiger partial charge in [-0.3, -0.25) is 9.11 Å². The minimum absolute atomic E-state index is 0.0727. The summed E-state index contributed by atoms with van der Waals surface area (Å²) in [6.45, 7) is 0. The first-order chi connectivity index (χ1) is 17.1. The normalized spacial score (nSPS) is 15.7. The minimum atomic E-state index is -4.74. The maximum absolute atomic E-state index is 12.4. The van der Waals surface area contributed by atoms with E-state index >= 15 is 0 Å². The van der Waals surface area contributed by atoms with Crippen LogP contribution in [0.25, 0.3) is 6.08 Å². The Bertz CT molecular complexity index is 1520. The number of rotatable bonds is 8. The van der Waals surface area contributed by atoms with Crippen LogP contribution >= 0.6 is 0 Å². The molecule has 0 amide bonds. The first-order valence-corrected chi connectivity index (χ1v) is 12.9. The molecule has 186 valence electrons. The van der Waals surface area contributed by atoms with Crippen LogP contribution in [-0.2, 0) is 20.2 Å². The highest BCUT2D eigenvalue weighted by Crippen LogP contribution is 2.34. The van der Waals surface area contributed by atoms with E-state index in [4.69, 9.17) is 0 Å². The Morgan fingerprint density at radius 2 is 1.44 bits per heavy atom. The molecule has 3 aromatic rings. The molecule has 0 atom stereocenters. The lowest BCUT2D eigenvalue weighted by Gasteiger charge is -2.36. The lowest BCUT2D eigenvalue weighted by atomic mass is 9.95. The van der Waals surface area contributed by atoms with Crippen LogP contribution in [0.1, 0.15) is 12.0 Å². The molecule has 0 radical (unpaired) electrons. The van der Waals surface area contributed by atoms with E-state index in [1.165, 1.54) is 61.0 Å². The van der Waals surface area contributed by atoms with E-state index in [1.54, 1.807) is 12.1 Å². The molecule has 1 aliphatic rings. The monoisotopic (exact) mass is 530 g/mol. The Kier molecular flexibility index (Phi) is 6.84. The molecule has 0 spiro atoms. The van der Waals surface area contributed by atoms with Crippen molar-refractivity contribution < 1.29 is 25.9 Å². The van der Waals surface area contributed by atoms with Gasteiger partial charge in [-0.1, -0.05) is 36.4 Å². The molecule has 0 saturated carbocycles. The van der Waals surface area contributed by atoms with Gasteiger partial charge in [0.25, 0.3) is 20.2 Å². The highest BCUT2D eigenvalue weighted by Gasteiger charge is 2.37. The summed E-state index contributed by atoms with van der Waals surface area (Å²) in [5, 5.41) is 28.1. The Morgan fingerprint density at radius 1 is 0.833 bits per heavy atom. The van der Waals surface area contributed by atoms with Gasteiger partial charge < -0.3 is 10.6 Å². The Morgan fingerprint density at radius 3 is 1.97 bits per heavy atom. The molecule has 2 heterocycles. The Balaban J connectivity index is 1.76. The van der Waals surface area contributed by atoms with E-state index in [-0.39, 0.29) is 34.1 Å². The van der Waals surface area contributed by atoms with Crippen LogP contribution in [0.3, 0.4) is 0 Å². The van der Waals surface area contributed by atoms with Gasteiger partial charge in [-0.25, -0.2) is 0 Å². The minimum Gasteiger partial charge on any atom is -0.342 e. The third-order valence-corrected chi connectivity index (χ3v) is 6.90. The average Bonchev–Trinajstić information content (AvgIpc) is 2.83. The highest BCUT2D eigenvalue weighted by molar-refractivity contribution is 7.89. The number of nitrogens with one attached hydrogen (secondary N) is 2. The highest BCUT2D eigenvalue weighted by atomic mass is 32.2. The van der Waals surface area contributed by atoms with Crippen molar-refractivity contribution in [2.45, 2.75) is 17.0 Å². The number of benzene rings is 1. The number of anilines is 2. The van der Waals surface area contributed by atoms with Crippen molar-refractivity contribution in [1.29, 1.82) is 0 Å². The molecule has 0 unspecified atom stereocenters. The van der Waals surface area contributed by atoms with Gasteiger partial charge in [0, 0.05) is 18.6 Å². The van der Waals surface area contributed by atoms with Crippen molar-refractivity contribution in [1.82, 2.24) is 30.8 Å². The fraction of sp³-hybridized carbons (Fsp3) is 0.100. The maximum atomic E-state index is 12.4. The number of hydrogen-bond donors (Lipinski definition) is 4. The van der Waals surface area contributed by atoms with Crippen LogP contribution in [-0.4, -0.2) is 62.4 Å². The van der Waals surface area contributed by atoms with Crippen LogP contribution in [0, 0.1) is 0 Å². The fourth-order valence-corrected chi connectivity index (χ4v) is 4.96. The molecule has 4 rings (SSSR count). The predicted molar refractivity (Wildman–Crippen MR) is 127 cm³/mol. The zero-order valence-corrected chi connectivity index (χ0v) is 19.8. The van der Waals surface area contributed by atoms with E-state index in [9.17, 15) is 25.9 Å². The van der Waals surface area contributed by atoms with Gasteiger partial charge in [-0.2, -0.15) is 16.8 Å². The summed E-state index contributed by atoms with van der Waals surface area (Å²) in [7, 11) is -9.27. The zero-order valence-electron chi connectivity index (χ0n) is 18.2. The molecule has 0 bridgehead atoms. The van der Waals surface area contributed by atoms with Crippen molar-refractivity contribution in [2.75, 3.05) is 10.6 Å². The van der Waals surface area contributed by atoms with Gasteiger partial charge in [0.2, 0.25) is 0 Å². The predicted octanol–water partition coefficient (Wildman–Crippen LogP) is 1.34. The van der Waals surface area contributed by atoms with Crippen LogP contribution in [0.15, 0.2) is 82.4 Å². The summed E-state index contributed by atoms with van der Waals surface area (Å²) in [5.41, 5.74) is -1.19. The van der Waals surface area contributed by atoms with Gasteiger partial charge in [-0.15, -0.1) is 20.4 Å². The summed E-state index contributed by atoms with van der Waals surface area (Å²) >= 11 is 0. The smallest absolute Gasteiger partial charge is 0.295 e. The average molecular weight is 531 g/mol. The quantitative estimate of drug-likeness (QED) is 0.239. The molecule has 1 aliphatic carbocycles. The first kappa shape index (κ1) is 25.0. The number of hydrogen-bond acceptors (Lipinski definition) is 12. The van der Waals surface area contributed by atoms with E-state index in [0.717, 1.165) is 0 Å². The van der Waals surface area contributed by atoms with Crippen molar-refractivity contribution in [2.24, 2.45) is 0 Å². The molecule has 14 nitrogen and oxygen atoms in total. The summed E-state index contributed by atoms with van der Waals surface area (Å²) in [5.74, 6) is 0.472. The summed E-state index contributed by atoms with van der Waals surface area (Å²) in [6, 6.07) is 8.61. The van der Waals surface area contributed by atoms with Gasteiger partial charge in [0.05, 0.1) is 17.3 Å². The largest absolute Gasteiger partial charge is 0.342 e. The molecule has 1 aromatic carbocycles. The topological polar surface area (TPSA) is 210 Å². The van der Waals surface area contributed by atoms with Gasteiger partial charge in [-0.05, 0) is 33.7 Å². The molecule has 4 N–H and O–H groups in total. The lowest BCUT2D eigenvalue weighted by Crippen LogP contribution is -2.47. The van der Waals surface area contributed by atoms with Crippen LogP contribution in [0.4, 0.5) is 11.6 Å². The molecule has 0 saturated heterocycles. The zero-order chi connectivity index (χ0) is 25.8. The van der Waals surface area contributed by atoms with Crippen molar-refractivity contribution >= 4 is 37.9 Å². The summed E-state index contributed by atoms with van der Waals surface area (Å²) in [4.78, 5) is -0.755. The van der Waals surface area contributed by atoms with Gasteiger partial charge in [0.1, 0.15) is 10.6 Å². The van der Waals surface area contributed by atoms with Crippen molar-refractivity contribution in [3.63, 3.8) is 0 Å². The molecule has 0 fully saturated rings. The molecule has 0 aliphatic heterocycles. The van der Waals surface area contributed by atoms with E-state index in [1.807, 2.05) is 0 Å². The number of allylic oxidation sites excluding steroid dienone is 3. The molecule has 2 aromatic heterocycles. The molecule has 36 heavy (non-hydrogen) atoms. The standard InChI is InChI=1S/C20H18N8O6S2/c29-35(30,31)16-4-2-1-3-14(16)5-6-15-7-10-20(13-17(15)36(32,33)34,23-18-8-11-21-27-25-18)24-19-9-12-22-28-26-19/h1-12H,13H2,(H,21,23,25)(H,22,24,26)(H,29,30,31)(H,32,33,34). The number of nitrogens with zero attached hydrogens (tertiary/aromatic N) is 6. The lowest BCUT2D eigenvalue weighted by molar-refractivity contribution is 0.481. The van der Waals surface area contributed by atoms with Gasteiger partial charge >= 0.3 is 0 Å². The third-order valence-electron chi connectivity index (χ3n) is 4.97. The van der Waals surface area contributed by atoms with E-state index in [0.29, 0.717) is 0 Å². The van der Waals surface area contributed by atoms with Crippen LogP contribution in [0.2, 0.25) is 0 Å².